The molecule has 1 aliphatic heterocycles. The molecule has 1 fully saturated rings. The maximum absolute atomic E-state index is 11.2. The average Bonchev–Trinajstić information content (AvgIpc) is 2.29. The van der Waals surface area contributed by atoms with Crippen LogP contribution < -0.4 is 0 Å². The first-order valence-electron chi connectivity index (χ1n) is 4.12. The van der Waals surface area contributed by atoms with E-state index in [1.165, 1.54) is 0 Å². The van der Waals surface area contributed by atoms with Crippen LogP contribution in [-0.2, 0) is 14.3 Å². The van der Waals surface area contributed by atoms with Crippen molar-refractivity contribution in [2.24, 2.45) is 17.8 Å². The number of carbonyl (C=O) groups excluding carboxylic acids is 2. The van der Waals surface area contributed by atoms with Gasteiger partial charge >= 0.3 is 11.9 Å². The summed E-state index contributed by atoms with van der Waals surface area (Å²) in [6.45, 7) is 1.97. The maximum Gasteiger partial charge on any atom is 0.321 e. The molecule has 1 heterocycles. The molecule has 12 heavy (non-hydrogen) atoms. The second kappa shape index (κ2) is 2.44. The van der Waals surface area contributed by atoms with Gasteiger partial charge in [-0.05, 0) is 12.3 Å². The first-order valence-corrected chi connectivity index (χ1v) is 4.12. The minimum atomic E-state index is -0.382. The van der Waals surface area contributed by atoms with Gasteiger partial charge in [0.25, 0.3) is 0 Å². The van der Waals surface area contributed by atoms with Crippen molar-refractivity contribution in [3.8, 4) is 0 Å². The highest BCUT2D eigenvalue weighted by molar-refractivity contribution is 5.97. The summed E-state index contributed by atoms with van der Waals surface area (Å²) in [6, 6.07) is 0. The summed E-state index contributed by atoms with van der Waals surface area (Å²) < 4.78 is 4.55. The molecule has 0 aromatic rings. The zero-order valence-electron chi connectivity index (χ0n) is 6.82. The molecule has 0 radical (unpaired) electrons. The average molecular weight is 166 g/mol. The molecule has 0 aromatic heterocycles. The first-order chi connectivity index (χ1) is 5.70. The highest BCUT2D eigenvalue weighted by atomic mass is 16.6. The van der Waals surface area contributed by atoms with Crippen LogP contribution in [0.1, 0.15) is 13.3 Å². The molecule has 0 amide bonds. The second-order valence-corrected chi connectivity index (χ2v) is 3.43. The number of esters is 2. The Morgan fingerprint density at radius 2 is 2.17 bits per heavy atom. The molecule has 0 spiro atoms. The summed E-state index contributed by atoms with van der Waals surface area (Å²) in [6.07, 6.45) is 4.60. The number of rotatable bonds is 0. The van der Waals surface area contributed by atoms with Gasteiger partial charge in [0.15, 0.2) is 0 Å². The molecule has 0 N–H and O–H groups in total. The Morgan fingerprint density at radius 1 is 1.42 bits per heavy atom. The van der Waals surface area contributed by atoms with Crippen molar-refractivity contribution >= 4 is 11.9 Å². The third kappa shape index (κ3) is 0.891. The molecular formula is C9H10O3. The fraction of sp³-hybridized carbons (Fsp3) is 0.556. The van der Waals surface area contributed by atoms with Crippen molar-refractivity contribution in [2.75, 3.05) is 0 Å². The number of cyclic esters (lactones) is 2. The van der Waals surface area contributed by atoms with E-state index in [0.29, 0.717) is 0 Å². The lowest BCUT2D eigenvalue weighted by atomic mass is 9.78. The van der Waals surface area contributed by atoms with Crippen LogP contribution >= 0.6 is 0 Å². The van der Waals surface area contributed by atoms with Gasteiger partial charge in [0.1, 0.15) is 0 Å². The van der Waals surface area contributed by atoms with Crippen molar-refractivity contribution < 1.29 is 14.3 Å². The monoisotopic (exact) mass is 166 g/mol. The molecule has 64 valence electrons. The van der Waals surface area contributed by atoms with Crippen LogP contribution in [0.3, 0.4) is 0 Å². The third-order valence-electron chi connectivity index (χ3n) is 2.60. The zero-order valence-corrected chi connectivity index (χ0v) is 6.82. The van der Waals surface area contributed by atoms with Gasteiger partial charge < -0.3 is 4.74 Å². The van der Waals surface area contributed by atoms with E-state index in [2.05, 4.69) is 4.74 Å². The van der Waals surface area contributed by atoms with Gasteiger partial charge in [0, 0.05) is 0 Å². The van der Waals surface area contributed by atoms with Gasteiger partial charge in [0.2, 0.25) is 0 Å². The van der Waals surface area contributed by atoms with Crippen LogP contribution in [-0.4, -0.2) is 11.9 Å². The van der Waals surface area contributed by atoms with Crippen LogP contribution in [0, 0.1) is 17.8 Å². The van der Waals surface area contributed by atoms with E-state index >= 15 is 0 Å². The molecule has 0 aromatic carbocycles. The third-order valence-corrected chi connectivity index (χ3v) is 2.60. The molecule has 0 bridgehead atoms. The number of hydrogen-bond donors (Lipinski definition) is 0. The van der Waals surface area contributed by atoms with E-state index in [-0.39, 0.29) is 29.7 Å². The van der Waals surface area contributed by atoms with Crippen molar-refractivity contribution in [2.45, 2.75) is 13.3 Å². The SMILES string of the molecule is C[C@H]1CC=C[C@H]2C(=O)OC(=O)[C@@H]12. The lowest BCUT2D eigenvalue weighted by Gasteiger charge is -2.20. The smallest absolute Gasteiger partial charge is 0.321 e. The standard InChI is InChI=1S/C9H10O3/c1-5-3-2-4-6-7(5)9(11)12-8(6)10/h2,4-7H,3H2,1H3/t5-,6+,7-/m0/s1. The van der Waals surface area contributed by atoms with Crippen molar-refractivity contribution in [1.82, 2.24) is 0 Å². The Kier molecular flexibility index (Phi) is 1.53. The van der Waals surface area contributed by atoms with Crippen LogP contribution in [0.2, 0.25) is 0 Å². The quantitative estimate of drug-likeness (QED) is 0.305. The molecule has 1 saturated heterocycles. The Morgan fingerprint density at radius 3 is 2.83 bits per heavy atom. The largest absolute Gasteiger partial charge is 0.392 e. The molecule has 3 atom stereocenters. The summed E-state index contributed by atoms with van der Waals surface area (Å²) in [5, 5.41) is 0. The summed E-state index contributed by atoms with van der Waals surface area (Å²) >= 11 is 0. The van der Waals surface area contributed by atoms with E-state index in [0.717, 1.165) is 6.42 Å². The van der Waals surface area contributed by atoms with Gasteiger partial charge in [-0.15, -0.1) is 0 Å². The van der Waals surface area contributed by atoms with Crippen LogP contribution in [0.15, 0.2) is 12.2 Å². The fourth-order valence-corrected chi connectivity index (χ4v) is 1.90. The predicted molar refractivity (Wildman–Crippen MR) is 41.0 cm³/mol. The Hall–Kier alpha value is -1.12. The number of fused-ring (bicyclic) bond motifs is 1. The highest BCUT2D eigenvalue weighted by Crippen LogP contribution is 2.36. The number of allylic oxidation sites excluding steroid dienone is 1. The van der Waals surface area contributed by atoms with Crippen LogP contribution in [0.5, 0.6) is 0 Å². The van der Waals surface area contributed by atoms with E-state index in [4.69, 9.17) is 0 Å². The number of carbonyl (C=O) groups is 2. The Labute approximate surface area is 70.4 Å². The van der Waals surface area contributed by atoms with E-state index in [1.807, 2.05) is 13.0 Å². The molecular weight excluding hydrogens is 156 g/mol. The molecule has 2 aliphatic rings. The summed E-state index contributed by atoms with van der Waals surface area (Å²) in [5.74, 6) is -1.02. The van der Waals surface area contributed by atoms with E-state index < -0.39 is 0 Å². The summed E-state index contributed by atoms with van der Waals surface area (Å²) in [4.78, 5) is 22.2. The van der Waals surface area contributed by atoms with Crippen LogP contribution in [0.25, 0.3) is 0 Å². The maximum atomic E-state index is 11.2. The zero-order chi connectivity index (χ0) is 8.72. The van der Waals surface area contributed by atoms with Crippen LogP contribution in [0.4, 0.5) is 0 Å². The minimum Gasteiger partial charge on any atom is -0.392 e. The highest BCUT2D eigenvalue weighted by Gasteiger charge is 2.46. The lowest BCUT2D eigenvalue weighted by Crippen LogP contribution is -2.25. The van der Waals surface area contributed by atoms with Crippen molar-refractivity contribution in [3.63, 3.8) is 0 Å². The summed E-state index contributed by atoms with van der Waals surface area (Å²) in [7, 11) is 0. The fourth-order valence-electron chi connectivity index (χ4n) is 1.90. The molecule has 3 heteroatoms. The van der Waals surface area contributed by atoms with E-state index in [1.54, 1.807) is 6.08 Å². The Bertz CT molecular complexity index is 267. The van der Waals surface area contributed by atoms with Gasteiger partial charge in [-0.3, -0.25) is 9.59 Å². The number of ether oxygens (including phenoxy) is 1. The normalized spacial score (nSPS) is 39.6. The van der Waals surface area contributed by atoms with Crippen molar-refractivity contribution in [1.29, 1.82) is 0 Å². The Balaban J connectivity index is 2.34. The minimum absolute atomic E-state index is 0.220. The lowest BCUT2D eigenvalue weighted by molar-refractivity contribution is -0.153. The molecule has 1 aliphatic carbocycles. The van der Waals surface area contributed by atoms with Gasteiger partial charge in [-0.25, -0.2) is 0 Å². The van der Waals surface area contributed by atoms with E-state index in [9.17, 15) is 9.59 Å². The van der Waals surface area contributed by atoms with Gasteiger partial charge in [0.05, 0.1) is 11.8 Å². The summed E-state index contributed by atoms with van der Waals surface area (Å²) in [5.41, 5.74) is 0. The predicted octanol–water partition coefficient (Wildman–Crippen LogP) is 0.898. The molecule has 3 nitrogen and oxygen atoms in total. The topological polar surface area (TPSA) is 43.4 Å². The first kappa shape index (κ1) is 7.53. The second-order valence-electron chi connectivity index (χ2n) is 3.43. The molecule has 0 unspecified atom stereocenters. The van der Waals surface area contributed by atoms with Gasteiger partial charge in [-0.1, -0.05) is 19.1 Å². The van der Waals surface area contributed by atoms with Gasteiger partial charge in [-0.2, -0.15) is 0 Å². The molecule has 2 rings (SSSR count). The van der Waals surface area contributed by atoms with Crippen molar-refractivity contribution in [3.05, 3.63) is 12.2 Å². The number of hydrogen-bond acceptors (Lipinski definition) is 3. The molecule has 0 saturated carbocycles.